The van der Waals surface area contributed by atoms with Crippen LogP contribution in [0.15, 0.2) is 30.3 Å². The number of amides is 2. The molecule has 0 bridgehead atoms. The van der Waals surface area contributed by atoms with E-state index in [1.165, 1.54) is 25.7 Å². The van der Waals surface area contributed by atoms with Crippen molar-refractivity contribution in [2.24, 2.45) is 45.8 Å². The average molecular weight is 579 g/mol. The molecule has 6 fully saturated rings. The van der Waals surface area contributed by atoms with E-state index in [0.29, 0.717) is 60.5 Å². The van der Waals surface area contributed by atoms with Crippen molar-refractivity contribution in [3.05, 3.63) is 35.9 Å². The van der Waals surface area contributed by atoms with Crippen LogP contribution < -0.4 is 0 Å². The normalized spacial score (nSPS) is 39.9. The van der Waals surface area contributed by atoms with Gasteiger partial charge in [-0.2, -0.15) is 0 Å². The maximum Gasteiger partial charge on any atom is 0.410 e. The molecule has 230 valence electrons. The smallest absolute Gasteiger partial charge is 0.410 e. The first-order valence-corrected chi connectivity index (χ1v) is 16.7. The van der Waals surface area contributed by atoms with Crippen LogP contribution in [0.5, 0.6) is 0 Å². The maximum absolute atomic E-state index is 13.0. The number of carbonyl (C=O) groups excluding carboxylic acids is 2. The minimum absolute atomic E-state index is 0.159. The fourth-order valence-electron chi connectivity index (χ4n) is 10.7. The molecule has 6 aliphatic rings. The average Bonchev–Trinajstić information content (AvgIpc) is 3.27. The van der Waals surface area contributed by atoms with E-state index < -0.39 is 0 Å². The Balaban J connectivity index is 0.942. The minimum atomic E-state index is -0.299. The van der Waals surface area contributed by atoms with Gasteiger partial charge >= 0.3 is 6.09 Å². The van der Waals surface area contributed by atoms with Gasteiger partial charge in [-0.15, -0.1) is 0 Å². The third-order valence-electron chi connectivity index (χ3n) is 13.3. The predicted octanol–water partition coefficient (Wildman–Crippen LogP) is 5.50. The van der Waals surface area contributed by atoms with Crippen LogP contribution in [-0.4, -0.2) is 72.4 Å². The Morgan fingerprint density at radius 2 is 1.76 bits per heavy atom. The highest BCUT2D eigenvalue weighted by molar-refractivity contribution is 5.77. The van der Waals surface area contributed by atoms with Crippen LogP contribution in [0.2, 0.25) is 0 Å². The molecule has 3 aliphatic heterocycles. The van der Waals surface area contributed by atoms with Gasteiger partial charge in [-0.25, -0.2) is 4.79 Å². The molecular formula is C35H50N2O5. The lowest BCUT2D eigenvalue weighted by Crippen LogP contribution is -2.67. The minimum Gasteiger partial charge on any atom is -0.445 e. The highest BCUT2D eigenvalue weighted by Gasteiger charge is 2.62. The Kier molecular flexibility index (Phi) is 7.36. The van der Waals surface area contributed by atoms with E-state index in [1.54, 1.807) is 0 Å². The number of rotatable bonds is 6. The maximum atomic E-state index is 13.0. The van der Waals surface area contributed by atoms with Crippen molar-refractivity contribution in [3.63, 3.8) is 0 Å². The van der Waals surface area contributed by atoms with Crippen LogP contribution in [0.25, 0.3) is 0 Å². The summed E-state index contributed by atoms with van der Waals surface area (Å²) in [7, 11) is 0. The van der Waals surface area contributed by atoms with Crippen LogP contribution in [0.1, 0.15) is 77.2 Å². The molecule has 3 saturated heterocycles. The third-order valence-corrected chi connectivity index (χ3v) is 13.3. The van der Waals surface area contributed by atoms with Crippen molar-refractivity contribution in [2.45, 2.75) is 84.3 Å². The monoisotopic (exact) mass is 578 g/mol. The van der Waals surface area contributed by atoms with Crippen molar-refractivity contribution in [1.29, 1.82) is 0 Å². The quantitative estimate of drug-likeness (QED) is 0.482. The van der Waals surface area contributed by atoms with Crippen molar-refractivity contribution in [2.75, 3.05) is 39.4 Å². The Morgan fingerprint density at radius 3 is 2.50 bits per heavy atom. The SMILES string of the molecule is CC12CCC3[C@H](C1CCC2CCCC(=O)N1CC2(COC2)C1)[C@@H](O)CC1CN(C(=O)OCc2ccccc2)CCC13C. The number of nitrogens with zero attached hydrogens (tertiary/aromatic N) is 2. The Labute approximate surface area is 251 Å². The summed E-state index contributed by atoms with van der Waals surface area (Å²) in [5, 5.41) is 11.7. The number of piperidine rings is 1. The Bertz CT molecular complexity index is 1160. The van der Waals surface area contributed by atoms with Gasteiger partial charge in [-0.1, -0.05) is 44.2 Å². The molecule has 7 nitrogen and oxygen atoms in total. The van der Waals surface area contributed by atoms with Crippen molar-refractivity contribution >= 4 is 12.0 Å². The summed E-state index contributed by atoms with van der Waals surface area (Å²) in [4.78, 5) is 29.7. The number of hydrogen-bond acceptors (Lipinski definition) is 5. The summed E-state index contributed by atoms with van der Waals surface area (Å²) in [6, 6.07) is 9.86. The zero-order chi connectivity index (χ0) is 29.1. The van der Waals surface area contributed by atoms with Gasteiger partial charge in [-0.3, -0.25) is 4.79 Å². The van der Waals surface area contributed by atoms with Crippen LogP contribution in [-0.2, 0) is 20.9 Å². The zero-order valence-electron chi connectivity index (χ0n) is 25.6. The largest absolute Gasteiger partial charge is 0.445 e. The summed E-state index contributed by atoms with van der Waals surface area (Å²) in [5.74, 6) is 2.72. The highest BCUT2D eigenvalue weighted by atomic mass is 16.6. The van der Waals surface area contributed by atoms with E-state index in [-0.39, 0.29) is 23.0 Å². The van der Waals surface area contributed by atoms with Crippen LogP contribution in [0.3, 0.4) is 0 Å². The topological polar surface area (TPSA) is 79.3 Å². The molecule has 0 radical (unpaired) electrons. The second-order valence-electron chi connectivity index (χ2n) is 15.5. The molecule has 3 heterocycles. The molecule has 1 spiro atoms. The van der Waals surface area contributed by atoms with E-state index in [2.05, 4.69) is 13.8 Å². The second kappa shape index (κ2) is 10.8. The number of likely N-dealkylation sites (tertiary alicyclic amines) is 2. The van der Waals surface area contributed by atoms with Crippen LogP contribution >= 0.6 is 0 Å². The summed E-state index contributed by atoms with van der Waals surface area (Å²) < 4.78 is 11.0. The number of fused-ring (bicyclic) bond motifs is 5. The standard InChI is InChI=1S/C35H50N2O5/c1-33-14-13-28-31(27(33)12-11-25(33)9-6-10-30(39)37-20-35(21-37)22-41-23-35)29(38)17-26-18-36(16-15-34(26,28)2)32(40)42-19-24-7-4-3-5-8-24/h3-5,7-8,25-29,31,38H,6,9-23H2,1-2H3/t25?,26?,27?,28?,29-,31-,33?,34?/m0/s1. The molecule has 1 aromatic rings. The van der Waals surface area contributed by atoms with Crippen molar-refractivity contribution in [3.8, 4) is 0 Å². The molecule has 3 aliphatic carbocycles. The lowest BCUT2D eigenvalue weighted by atomic mass is 9.45. The van der Waals surface area contributed by atoms with E-state index in [0.717, 1.165) is 64.1 Å². The lowest BCUT2D eigenvalue weighted by molar-refractivity contribution is -0.195. The highest BCUT2D eigenvalue weighted by Crippen LogP contribution is 2.67. The molecular weight excluding hydrogens is 528 g/mol. The molecule has 1 N–H and O–H groups in total. The number of carbonyl (C=O) groups is 2. The zero-order valence-corrected chi connectivity index (χ0v) is 25.6. The second-order valence-corrected chi connectivity index (χ2v) is 15.5. The number of aliphatic hydroxyl groups excluding tert-OH is 1. The number of benzene rings is 1. The summed E-state index contributed by atoms with van der Waals surface area (Å²) >= 11 is 0. The Hall–Kier alpha value is -2.12. The summed E-state index contributed by atoms with van der Waals surface area (Å²) in [5.41, 5.74) is 1.72. The molecule has 42 heavy (non-hydrogen) atoms. The van der Waals surface area contributed by atoms with Gasteiger partial charge in [0.15, 0.2) is 0 Å². The molecule has 0 aromatic heterocycles. The van der Waals surface area contributed by atoms with Crippen LogP contribution in [0.4, 0.5) is 4.79 Å². The van der Waals surface area contributed by atoms with Gasteiger partial charge in [0.2, 0.25) is 5.91 Å². The van der Waals surface area contributed by atoms with Gasteiger partial charge < -0.3 is 24.4 Å². The lowest BCUT2D eigenvalue weighted by Gasteiger charge is -2.62. The van der Waals surface area contributed by atoms with Crippen LogP contribution in [0, 0.1) is 45.8 Å². The van der Waals surface area contributed by atoms with Gasteiger partial charge in [0.05, 0.1) is 24.7 Å². The summed E-state index contributed by atoms with van der Waals surface area (Å²) in [6.45, 7) is 10.1. The van der Waals surface area contributed by atoms with Gasteiger partial charge in [-0.05, 0) is 97.3 Å². The van der Waals surface area contributed by atoms with Gasteiger partial charge in [0, 0.05) is 32.6 Å². The van der Waals surface area contributed by atoms with E-state index in [9.17, 15) is 14.7 Å². The molecule has 2 amide bonds. The molecule has 7 rings (SSSR count). The number of aliphatic hydroxyl groups is 1. The van der Waals surface area contributed by atoms with Gasteiger partial charge in [0.1, 0.15) is 6.61 Å². The molecule has 6 unspecified atom stereocenters. The molecule has 1 aromatic carbocycles. The molecule has 3 saturated carbocycles. The predicted molar refractivity (Wildman–Crippen MR) is 159 cm³/mol. The van der Waals surface area contributed by atoms with E-state index in [4.69, 9.17) is 9.47 Å². The fraction of sp³-hybridized carbons (Fsp3) is 0.771. The first kappa shape index (κ1) is 28.6. The summed E-state index contributed by atoms with van der Waals surface area (Å²) in [6.07, 6.45) is 8.89. The van der Waals surface area contributed by atoms with Gasteiger partial charge in [0.25, 0.3) is 0 Å². The fourth-order valence-corrected chi connectivity index (χ4v) is 10.7. The van der Waals surface area contributed by atoms with Crippen molar-refractivity contribution in [1.82, 2.24) is 9.80 Å². The number of hydrogen-bond donors (Lipinski definition) is 1. The molecule has 7 heteroatoms. The van der Waals surface area contributed by atoms with Crippen molar-refractivity contribution < 1.29 is 24.2 Å². The van der Waals surface area contributed by atoms with E-state index >= 15 is 0 Å². The van der Waals surface area contributed by atoms with E-state index in [1.807, 2.05) is 40.1 Å². The third kappa shape index (κ3) is 4.77. The first-order chi connectivity index (χ1) is 20.2. The first-order valence-electron chi connectivity index (χ1n) is 16.7. The molecule has 8 atom stereocenters. The number of ether oxygens (including phenoxy) is 2. The Morgan fingerprint density at radius 1 is 1.00 bits per heavy atom.